The van der Waals surface area contributed by atoms with Crippen molar-refractivity contribution in [3.8, 4) is 23.0 Å². The quantitative estimate of drug-likeness (QED) is 0.516. The zero-order chi connectivity index (χ0) is 17.9. The first kappa shape index (κ1) is 16.5. The summed E-state index contributed by atoms with van der Waals surface area (Å²) >= 11 is 1.59. The van der Waals surface area contributed by atoms with Gasteiger partial charge in [-0.1, -0.05) is 0 Å². The molecule has 0 spiro atoms. The number of imidazole rings is 1. The van der Waals surface area contributed by atoms with Crippen LogP contribution in [0.4, 0.5) is 0 Å². The number of aromatic nitrogens is 4. The maximum atomic E-state index is 5.79. The number of ether oxygens (including phenoxy) is 2. The predicted molar refractivity (Wildman–Crippen MR) is 98.5 cm³/mol. The van der Waals surface area contributed by atoms with Crippen molar-refractivity contribution in [2.24, 2.45) is 0 Å². The van der Waals surface area contributed by atoms with Gasteiger partial charge in [-0.25, -0.2) is 4.98 Å². The minimum atomic E-state index is 0.490. The van der Waals surface area contributed by atoms with Crippen LogP contribution in [0.15, 0.2) is 52.0 Å². The summed E-state index contributed by atoms with van der Waals surface area (Å²) in [7, 11) is 3.23. The zero-order valence-electron chi connectivity index (χ0n) is 14.2. The van der Waals surface area contributed by atoms with E-state index in [9.17, 15) is 0 Å². The Morgan fingerprint density at radius 3 is 2.77 bits per heavy atom. The number of rotatable bonds is 6. The highest BCUT2D eigenvalue weighted by Gasteiger charge is 2.11. The number of methoxy groups -OCH3 is 2. The molecule has 8 heteroatoms. The number of hydrogen-bond donors (Lipinski definition) is 1. The molecule has 0 atom stereocenters. The number of nitrogens with zero attached hydrogens (tertiary/aromatic N) is 3. The zero-order valence-corrected chi connectivity index (χ0v) is 15.0. The Kier molecular flexibility index (Phi) is 4.49. The minimum absolute atomic E-state index is 0.490. The van der Waals surface area contributed by atoms with Crippen molar-refractivity contribution in [1.29, 1.82) is 0 Å². The Morgan fingerprint density at radius 1 is 1.04 bits per heavy atom. The van der Waals surface area contributed by atoms with Gasteiger partial charge in [0.1, 0.15) is 0 Å². The molecule has 0 fully saturated rings. The number of nitrogens with one attached hydrogen (secondary N) is 1. The standard InChI is InChI=1S/C18H16N4O3S/c1-23-15-6-4-12(8-16(15)24-2)26-9-17-21-22-18(25-17)11-3-5-13-14(7-11)20-10-19-13/h3-8,10H,9H2,1-2H3,(H,19,20). The van der Waals surface area contributed by atoms with Crippen molar-refractivity contribution in [3.63, 3.8) is 0 Å². The molecule has 0 aliphatic carbocycles. The second-order valence-corrected chi connectivity index (χ2v) is 6.49. The molecule has 7 nitrogen and oxygen atoms in total. The molecule has 0 amide bonds. The molecule has 0 bridgehead atoms. The van der Waals surface area contributed by atoms with Gasteiger partial charge < -0.3 is 18.9 Å². The largest absolute Gasteiger partial charge is 0.493 e. The summed E-state index contributed by atoms with van der Waals surface area (Å²) < 4.78 is 16.4. The van der Waals surface area contributed by atoms with Crippen LogP contribution in [-0.2, 0) is 5.75 Å². The van der Waals surface area contributed by atoms with Gasteiger partial charge in [0.2, 0.25) is 11.8 Å². The fraction of sp³-hybridized carbons (Fsp3) is 0.167. The van der Waals surface area contributed by atoms with Gasteiger partial charge in [-0.2, -0.15) is 0 Å². The van der Waals surface area contributed by atoms with Crippen LogP contribution in [0, 0.1) is 0 Å². The molecule has 2 heterocycles. The van der Waals surface area contributed by atoms with E-state index in [0.29, 0.717) is 29.0 Å². The summed E-state index contributed by atoms with van der Waals surface area (Å²) in [5.41, 5.74) is 2.69. The van der Waals surface area contributed by atoms with Crippen LogP contribution in [-0.4, -0.2) is 34.4 Å². The van der Waals surface area contributed by atoms with Crippen molar-refractivity contribution in [2.75, 3.05) is 14.2 Å². The Hall–Kier alpha value is -3.00. The van der Waals surface area contributed by atoms with Crippen molar-refractivity contribution in [2.45, 2.75) is 10.6 Å². The van der Waals surface area contributed by atoms with Crippen LogP contribution in [0.1, 0.15) is 5.89 Å². The monoisotopic (exact) mass is 368 g/mol. The summed E-state index contributed by atoms with van der Waals surface area (Å²) in [5.74, 6) is 3.01. The van der Waals surface area contributed by atoms with Crippen LogP contribution in [0.2, 0.25) is 0 Å². The first-order chi connectivity index (χ1) is 12.8. The lowest BCUT2D eigenvalue weighted by Crippen LogP contribution is -1.90. The highest BCUT2D eigenvalue weighted by molar-refractivity contribution is 7.98. The topological polar surface area (TPSA) is 86.1 Å². The molecule has 0 aliphatic rings. The van der Waals surface area contributed by atoms with Crippen molar-refractivity contribution in [1.82, 2.24) is 20.2 Å². The second-order valence-electron chi connectivity index (χ2n) is 5.44. The van der Waals surface area contributed by atoms with Crippen LogP contribution in [0.3, 0.4) is 0 Å². The van der Waals surface area contributed by atoms with Gasteiger partial charge in [0, 0.05) is 10.5 Å². The number of benzene rings is 2. The molecule has 132 valence electrons. The third-order valence-corrected chi connectivity index (χ3v) is 4.83. The lowest BCUT2D eigenvalue weighted by atomic mass is 10.2. The molecule has 0 saturated heterocycles. The fourth-order valence-electron chi connectivity index (χ4n) is 2.55. The highest BCUT2D eigenvalue weighted by Crippen LogP contribution is 2.33. The molecular weight excluding hydrogens is 352 g/mol. The van der Waals surface area contributed by atoms with E-state index in [2.05, 4.69) is 20.2 Å². The van der Waals surface area contributed by atoms with E-state index in [4.69, 9.17) is 13.9 Å². The fourth-order valence-corrected chi connectivity index (χ4v) is 3.31. The average molecular weight is 368 g/mol. The van der Waals surface area contributed by atoms with Gasteiger partial charge in [-0.15, -0.1) is 22.0 Å². The first-order valence-corrected chi connectivity index (χ1v) is 8.86. The molecule has 4 aromatic rings. The summed E-state index contributed by atoms with van der Waals surface area (Å²) in [6.45, 7) is 0. The van der Waals surface area contributed by atoms with E-state index in [-0.39, 0.29) is 0 Å². The number of thioether (sulfide) groups is 1. The average Bonchev–Trinajstić information content (AvgIpc) is 3.34. The third-order valence-electron chi connectivity index (χ3n) is 3.85. The SMILES string of the molecule is COc1ccc(SCc2nnc(-c3ccc4nc[nH]c4c3)o2)cc1OC. The van der Waals surface area contributed by atoms with E-state index >= 15 is 0 Å². The van der Waals surface area contributed by atoms with Crippen LogP contribution in [0.5, 0.6) is 11.5 Å². The maximum absolute atomic E-state index is 5.79. The van der Waals surface area contributed by atoms with E-state index < -0.39 is 0 Å². The first-order valence-electron chi connectivity index (χ1n) is 7.87. The van der Waals surface area contributed by atoms with Crippen molar-refractivity contribution < 1.29 is 13.9 Å². The number of aromatic amines is 1. The molecule has 2 aromatic heterocycles. The number of H-pyrrole nitrogens is 1. The molecule has 1 N–H and O–H groups in total. The number of hydrogen-bond acceptors (Lipinski definition) is 7. The van der Waals surface area contributed by atoms with Crippen LogP contribution >= 0.6 is 11.8 Å². The van der Waals surface area contributed by atoms with Crippen LogP contribution in [0.25, 0.3) is 22.5 Å². The van der Waals surface area contributed by atoms with Gasteiger partial charge in [0.15, 0.2) is 11.5 Å². The predicted octanol–water partition coefficient (Wildman–Crippen LogP) is 3.92. The van der Waals surface area contributed by atoms with Gasteiger partial charge in [-0.3, -0.25) is 0 Å². The van der Waals surface area contributed by atoms with E-state index in [0.717, 1.165) is 21.5 Å². The Morgan fingerprint density at radius 2 is 1.92 bits per heavy atom. The van der Waals surface area contributed by atoms with Gasteiger partial charge in [-0.05, 0) is 36.4 Å². The van der Waals surface area contributed by atoms with Crippen molar-refractivity contribution in [3.05, 3.63) is 48.6 Å². The van der Waals surface area contributed by atoms with E-state index in [1.54, 1.807) is 32.3 Å². The minimum Gasteiger partial charge on any atom is -0.493 e. The summed E-state index contributed by atoms with van der Waals surface area (Å²) in [5, 5.41) is 8.27. The van der Waals surface area contributed by atoms with Gasteiger partial charge >= 0.3 is 0 Å². The molecule has 0 unspecified atom stereocenters. The molecule has 0 radical (unpaired) electrons. The van der Waals surface area contributed by atoms with E-state index in [1.807, 2.05) is 36.4 Å². The molecule has 2 aromatic carbocycles. The van der Waals surface area contributed by atoms with E-state index in [1.165, 1.54) is 0 Å². The Bertz CT molecular complexity index is 1040. The maximum Gasteiger partial charge on any atom is 0.247 e. The lowest BCUT2D eigenvalue weighted by molar-refractivity contribution is 0.354. The Balaban J connectivity index is 1.48. The molecule has 0 aliphatic heterocycles. The van der Waals surface area contributed by atoms with Crippen molar-refractivity contribution >= 4 is 22.8 Å². The van der Waals surface area contributed by atoms with Gasteiger partial charge in [0.05, 0.1) is 37.3 Å². The smallest absolute Gasteiger partial charge is 0.247 e. The molecule has 0 saturated carbocycles. The summed E-state index contributed by atoms with van der Waals surface area (Å²) in [4.78, 5) is 8.31. The number of fused-ring (bicyclic) bond motifs is 1. The molecule has 4 rings (SSSR count). The lowest BCUT2D eigenvalue weighted by Gasteiger charge is -2.08. The normalized spacial score (nSPS) is 11.0. The summed E-state index contributed by atoms with van der Waals surface area (Å²) in [6, 6.07) is 11.6. The van der Waals surface area contributed by atoms with Crippen LogP contribution < -0.4 is 9.47 Å². The second kappa shape index (κ2) is 7.09. The molecular formula is C18H16N4O3S. The third kappa shape index (κ3) is 3.23. The van der Waals surface area contributed by atoms with Gasteiger partial charge in [0.25, 0.3) is 0 Å². The highest BCUT2D eigenvalue weighted by atomic mass is 32.2. The Labute approximate surface area is 153 Å². The summed E-state index contributed by atoms with van der Waals surface area (Å²) in [6.07, 6.45) is 1.66. The molecule has 26 heavy (non-hydrogen) atoms.